The van der Waals surface area contributed by atoms with Gasteiger partial charge in [0.15, 0.2) is 0 Å². The van der Waals surface area contributed by atoms with E-state index in [0.717, 1.165) is 46.4 Å². The largest absolute Gasteiger partial charge is 0.497 e. The number of methoxy groups -OCH3 is 1. The SMILES string of the molecule is COc1cccc([C@@H]2CC[C@H]2C(=O)Oc2c(-c3ccccc3)cccc2-c2ccccc2)c1. The Balaban J connectivity index is 1.50. The Morgan fingerprint density at radius 3 is 1.88 bits per heavy atom. The van der Waals surface area contributed by atoms with E-state index in [4.69, 9.17) is 9.47 Å². The van der Waals surface area contributed by atoms with Crippen LogP contribution in [0.4, 0.5) is 0 Å². The summed E-state index contributed by atoms with van der Waals surface area (Å²) in [5.74, 6) is 1.25. The lowest BCUT2D eigenvalue weighted by atomic mass is 9.70. The molecule has 0 saturated heterocycles. The highest BCUT2D eigenvalue weighted by Gasteiger charge is 2.39. The van der Waals surface area contributed by atoms with Crippen molar-refractivity contribution in [2.75, 3.05) is 7.11 Å². The molecule has 0 radical (unpaired) electrons. The second-order valence-electron chi connectivity index (χ2n) is 8.40. The van der Waals surface area contributed by atoms with Crippen LogP contribution in [-0.2, 0) is 4.79 Å². The monoisotopic (exact) mass is 434 g/mol. The number of carbonyl (C=O) groups excluding carboxylic acids is 1. The zero-order chi connectivity index (χ0) is 22.6. The molecule has 3 nitrogen and oxygen atoms in total. The first-order chi connectivity index (χ1) is 16.2. The van der Waals surface area contributed by atoms with Crippen molar-refractivity contribution in [1.82, 2.24) is 0 Å². The topological polar surface area (TPSA) is 35.5 Å². The van der Waals surface area contributed by atoms with Crippen LogP contribution in [0.15, 0.2) is 103 Å². The fraction of sp³-hybridized carbons (Fsp3) is 0.167. The van der Waals surface area contributed by atoms with Crippen molar-refractivity contribution in [3.05, 3.63) is 109 Å². The predicted molar refractivity (Wildman–Crippen MR) is 131 cm³/mol. The molecule has 1 aliphatic carbocycles. The van der Waals surface area contributed by atoms with Gasteiger partial charge in [0.25, 0.3) is 0 Å². The fourth-order valence-corrected chi connectivity index (χ4v) is 4.57. The van der Waals surface area contributed by atoms with Gasteiger partial charge in [-0.05, 0) is 47.6 Å². The zero-order valence-electron chi connectivity index (χ0n) is 18.6. The highest BCUT2D eigenvalue weighted by atomic mass is 16.5. The van der Waals surface area contributed by atoms with Crippen molar-refractivity contribution in [1.29, 1.82) is 0 Å². The van der Waals surface area contributed by atoms with Crippen molar-refractivity contribution in [2.24, 2.45) is 5.92 Å². The summed E-state index contributed by atoms with van der Waals surface area (Å²) in [6.07, 6.45) is 1.80. The molecule has 33 heavy (non-hydrogen) atoms. The lowest BCUT2D eigenvalue weighted by molar-refractivity contribution is -0.142. The molecule has 0 spiro atoms. The molecular weight excluding hydrogens is 408 g/mol. The van der Waals surface area contributed by atoms with E-state index in [0.29, 0.717) is 5.75 Å². The maximum Gasteiger partial charge on any atom is 0.314 e. The van der Waals surface area contributed by atoms with Crippen molar-refractivity contribution in [3.8, 4) is 33.8 Å². The fourth-order valence-electron chi connectivity index (χ4n) is 4.57. The van der Waals surface area contributed by atoms with Gasteiger partial charge in [0.2, 0.25) is 0 Å². The maximum absolute atomic E-state index is 13.4. The summed E-state index contributed by atoms with van der Waals surface area (Å²) in [5, 5.41) is 0. The van der Waals surface area contributed by atoms with Crippen LogP contribution in [0.25, 0.3) is 22.3 Å². The van der Waals surface area contributed by atoms with Crippen LogP contribution in [0, 0.1) is 5.92 Å². The molecule has 0 aromatic heterocycles. The quantitative estimate of drug-likeness (QED) is 0.239. The summed E-state index contributed by atoms with van der Waals surface area (Å²) in [4.78, 5) is 13.4. The molecular formula is C30H26O3. The molecule has 2 atom stereocenters. The molecule has 0 aliphatic heterocycles. The van der Waals surface area contributed by atoms with Crippen LogP contribution in [0.5, 0.6) is 11.5 Å². The minimum absolute atomic E-state index is 0.150. The van der Waals surface area contributed by atoms with Gasteiger partial charge in [0.05, 0.1) is 13.0 Å². The molecule has 0 bridgehead atoms. The van der Waals surface area contributed by atoms with Crippen LogP contribution in [0.3, 0.4) is 0 Å². The number of hydrogen-bond acceptors (Lipinski definition) is 3. The summed E-state index contributed by atoms with van der Waals surface area (Å²) >= 11 is 0. The molecule has 4 aromatic carbocycles. The third-order valence-corrected chi connectivity index (χ3v) is 6.49. The summed E-state index contributed by atoms with van der Waals surface area (Å²) in [5.41, 5.74) is 5.01. The Morgan fingerprint density at radius 2 is 1.33 bits per heavy atom. The number of esters is 1. The minimum Gasteiger partial charge on any atom is -0.497 e. The van der Waals surface area contributed by atoms with Gasteiger partial charge in [-0.1, -0.05) is 91.0 Å². The second-order valence-corrected chi connectivity index (χ2v) is 8.40. The molecule has 0 unspecified atom stereocenters. The van der Waals surface area contributed by atoms with Crippen molar-refractivity contribution >= 4 is 5.97 Å². The van der Waals surface area contributed by atoms with Crippen molar-refractivity contribution in [2.45, 2.75) is 18.8 Å². The van der Waals surface area contributed by atoms with Crippen LogP contribution < -0.4 is 9.47 Å². The van der Waals surface area contributed by atoms with E-state index in [9.17, 15) is 4.79 Å². The van der Waals surface area contributed by atoms with Gasteiger partial charge < -0.3 is 9.47 Å². The van der Waals surface area contributed by atoms with Gasteiger partial charge in [-0.25, -0.2) is 0 Å². The van der Waals surface area contributed by atoms with Gasteiger partial charge in [0, 0.05) is 11.1 Å². The highest BCUT2D eigenvalue weighted by molar-refractivity contribution is 5.87. The van der Waals surface area contributed by atoms with Gasteiger partial charge >= 0.3 is 5.97 Å². The Kier molecular flexibility index (Phi) is 5.95. The second kappa shape index (κ2) is 9.33. The Bertz CT molecular complexity index is 1190. The molecule has 3 heteroatoms. The molecule has 164 valence electrons. The number of carbonyl (C=O) groups is 1. The molecule has 0 N–H and O–H groups in total. The van der Waals surface area contributed by atoms with E-state index in [1.165, 1.54) is 0 Å². The summed E-state index contributed by atoms with van der Waals surface area (Å²) < 4.78 is 11.6. The van der Waals surface area contributed by atoms with E-state index < -0.39 is 0 Å². The smallest absolute Gasteiger partial charge is 0.314 e. The predicted octanol–water partition coefficient (Wildman–Crippen LogP) is 7.13. The summed E-state index contributed by atoms with van der Waals surface area (Å²) in [7, 11) is 1.66. The normalized spacial score (nSPS) is 17.1. The van der Waals surface area contributed by atoms with Crippen LogP contribution in [-0.4, -0.2) is 13.1 Å². The van der Waals surface area contributed by atoms with Crippen LogP contribution >= 0.6 is 0 Å². The molecule has 1 saturated carbocycles. The summed E-state index contributed by atoms with van der Waals surface area (Å²) in [6.45, 7) is 0. The van der Waals surface area contributed by atoms with E-state index in [-0.39, 0.29) is 17.8 Å². The average molecular weight is 435 g/mol. The lowest BCUT2D eigenvalue weighted by Crippen LogP contribution is -2.34. The molecule has 0 heterocycles. The van der Waals surface area contributed by atoms with Gasteiger partial charge in [-0.3, -0.25) is 4.79 Å². The number of benzene rings is 4. The lowest BCUT2D eigenvalue weighted by Gasteiger charge is -2.35. The van der Waals surface area contributed by atoms with Crippen molar-refractivity contribution < 1.29 is 14.3 Å². The van der Waals surface area contributed by atoms with Crippen LogP contribution in [0.1, 0.15) is 24.3 Å². The first-order valence-corrected chi connectivity index (χ1v) is 11.3. The molecule has 1 aliphatic rings. The Hall–Kier alpha value is -3.85. The molecule has 1 fully saturated rings. The van der Waals surface area contributed by atoms with Gasteiger partial charge in [-0.15, -0.1) is 0 Å². The zero-order valence-corrected chi connectivity index (χ0v) is 18.6. The minimum atomic E-state index is -0.172. The molecule has 5 rings (SSSR count). The first-order valence-electron chi connectivity index (χ1n) is 11.3. The number of hydrogen-bond donors (Lipinski definition) is 0. The van der Waals surface area contributed by atoms with Crippen LogP contribution in [0.2, 0.25) is 0 Å². The van der Waals surface area contributed by atoms with Gasteiger partial charge in [-0.2, -0.15) is 0 Å². The van der Waals surface area contributed by atoms with Gasteiger partial charge in [0.1, 0.15) is 11.5 Å². The summed E-state index contributed by atoms with van der Waals surface area (Å²) in [6, 6.07) is 34.2. The van der Waals surface area contributed by atoms with E-state index >= 15 is 0 Å². The Labute approximate surface area is 194 Å². The van der Waals surface area contributed by atoms with E-state index in [1.54, 1.807) is 7.11 Å². The molecule has 4 aromatic rings. The molecule has 0 amide bonds. The van der Waals surface area contributed by atoms with E-state index in [2.05, 4.69) is 6.07 Å². The Morgan fingerprint density at radius 1 is 0.727 bits per heavy atom. The van der Waals surface area contributed by atoms with Crippen molar-refractivity contribution in [3.63, 3.8) is 0 Å². The van der Waals surface area contributed by atoms with E-state index in [1.807, 2.05) is 97.1 Å². The number of para-hydroxylation sites is 1. The standard InChI is InChI=1S/C30H26O3/c1-32-24-15-8-14-23(20-24)25-18-19-28(25)30(31)33-29-26(21-10-4-2-5-11-21)16-9-17-27(29)22-12-6-3-7-13-22/h2-17,20,25,28H,18-19H2,1H3/t25-,28+/m0/s1. The third kappa shape index (κ3) is 4.27. The first kappa shape index (κ1) is 21.0. The average Bonchev–Trinajstić information content (AvgIpc) is 2.84. The highest BCUT2D eigenvalue weighted by Crippen LogP contribution is 2.46. The third-order valence-electron chi connectivity index (χ3n) is 6.49. The number of rotatable bonds is 6. The maximum atomic E-state index is 13.4. The number of ether oxygens (including phenoxy) is 2.